The van der Waals surface area contributed by atoms with Crippen LogP contribution in [0.3, 0.4) is 0 Å². The summed E-state index contributed by atoms with van der Waals surface area (Å²) in [7, 11) is 0. The number of halogens is 1. The number of nitrogens with one attached hydrogen (secondary N) is 1. The molecule has 1 N–H and O–H groups in total. The predicted molar refractivity (Wildman–Crippen MR) is 86.7 cm³/mol. The number of hydrogen-bond donors (Lipinski definition) is 1. The van der Waals surface area contributed by atoms with Crippen LogP contribution in [0.15, 0.2) is 48.5 Å². The molecular formula is C18H17FN2O2. The third-order valence-corrected chi connectivity index (χ3v) is 3.94. The zero-order chi connectivity index (χ0) is 16.4. The summed E-state index contributed by atoms with van der Waals surface area (Å²) in [6.45, 7) is 1.97. The van der Waals surface area contributed by atoms with E-state index in [9.17, 15) is 14.0 Å². The van der Waals surface area contributed by atoms with Crippen LogP contribution in [0.4, 0.5) is 15.8 Å². The molecule has 0 saturated carbocycles. The van der Waals surface area contributed by atoms with Crippen LogP contribution in [0, 0.1) is 12.7 Å². The van der Waals surface area contributed by atoms with Crippen LogP contribution in [0.1, 0.15) is 18.4 Å². The second-order valence-electron chi connectivity index (χ2n) is 5.65. The second kappa shape index (κ2) is 6.20. The van der Waals surface area contributed by atoms with E-state index in [-0.39, 0.29) is 17.6 Å². The molecule has 1 aliphatic heterocycles. The van der Waals surface area contributed by atoms with E-state index >= 15 is 0 Å². The van der Waals surface area contributed by atoms with E-state index in [0.717, 1.165) is 5.56 Å². The van der Waals surface area contributed by atoms with Crippen molar-refractivity contribution in [1.82, 2.24) is 0 Å². The molecule has 1 unspecified atom stereocenters. The summed E-state index contributed by atoms with van der Waals surface area (Å²) in [5.41, 5.74) is 2.34. The van der Waals surface area contributed by atoms with Crippen LogP contribution < -0.4 is 10.2 Å². The molecule has 0 aromatic heterocycles. The highest BCUT2D eigenvalue weighted by molar-refractivity contribution is 6.07. The van der Waals surface area contributed by atoms with Gasteiger partial charge in [-0.1, -0.05) is 17.7 Å². The Balaban J connectivity index is 1.79. The average molecular weight is 312 g/mol. The summed E-state index contributed by atoms with van der Waals surface area (Å²) in [4.78, 5) is 26.1. The van der Waals surface area contributed by atoms with E-state index in [1.54, 1.807) is 0 Å². The molecule has 3 rings (SSSR count). The van der Waals surface area contributed by atoms with Gasteiger partial charge in [0.25, 0.3) is 0 Å². The minimum Gasteiger partial charge on any atom is -0.324 e. The Morgan fingerprint density at radius 3 is 2.43 bits per heavy atom. The summed E-state index contributed by atoms with van der Waals surface area (Å²) in [5.74, 6) is -0.731. The Bertz CT molecular complexity index is 726. The third-order valence-electron chi connectivity index (χ3n) is 3.94. The predicted octanol–water partition coefficient (Wildman–Crippen LogP) is 3.27. The van der Waals surface area contributed by atoms with Gasteiger partial charge in [0, 0.05) is 17.8 Å². The van der Waals surface area contributed by atoms with Gasteiger partial charge in [0.2, 0.25) is 11.8 Å². The lowest BCUT2D eigenvalue weighted by molar-refractivity contribution is -0.120. The van der Waals surface area contributed by atoms with Crippen molar-refractivity contribution in [3.63, 3.8) is 0 Å². The van der Waals surface area contributed by atoms with Crippen molar-refractivity contribution in [2.75, 3.05) is 10.2 Å². The number of carbonyl (C=O) groups is 2. The number of rotatable bonds is 3. The van der Waals surface area contributed by atoms with Crippen molar-refractivity contribution in [2.24, 2.45) is 0 Å². The number of aryl methyl sites for hydroxylation is 1. The number of benzene rings is 2. The lowest BCUT2D eigenvalue weighted by atomic mass is 10.1. The van der Waals surface area contributed by atoms with Gasteiger partial charge in [-0.3, -0.25) is 14.5 Å². The number of carbonyl (C=O) groups excluding carboxylic acids is 2. The van der Waals surface area contributed by atoms with E-state index in [4.69, 9.17) is 0 Å². The maximum absolute atomic E-state index is 13.1. The molecule has 0 aliphatic carbocycles. The Kier molecular flexibility index (Phi) is 4.10. The highest BCUT2D eigenvalue weighted by Crippen LogP contribution is 2.27. The van der Waals surface area contributed by atoms with Gasteiger partial charge in [-0.15, -0.1) is 0 Å². The largest absolute Gasteiger partial charge is 0.324 e. The van der Waals surface area contributed by atoms with E-state index < -0.39 is 6.04 Å². The SMILES string of the molecule is Cc1ccc(NC(=O)C2CCC(=O)N2c2ccc(F)cc2)cc1. The van der Waals surface area contributed by atoms with Crippen LogP contribution in [0.25, 0.3) is 0 Å². The molecule has 118 valence electrons. The maximum atomic E-state index is 13.1. The molecule has 1 fully saturated rings. The molecule has 1 saturated heterocycles. The third kappa shape index (κ3) is 3.23. The average Bonchev–Trinajstić information content (AvgIpc) is 2.92. The minimum atomic E-state index is -0.575. The van der Waals surface area contributed by atoms with Gasteiger partial charge >= 0.3 is 0 Å². The summed E-state index contributed by atoms with van der Waals surface area (Å²) in [6, 6.07) is 12.5. The molecule has 1 heterocycles. The normalized spacial score (nSPS) is 17.4. The van der Waals surface area contributed by atoms with Crippen molar-refractivity contribution in [3.8, 4) is 0 Å². The highest BCUT2D eigenvalue weighted by Gasteiger charge is 2.37. The second-order valence-corrected chi connectivity index (χ2v) is 5.65. The first-order valence-electron chi connectivity index (χ1n) is 7.50. The molecule has 2 amide bonds. The lowest BCUT2D eigenvalue weighted by Gasteiger charge is -2.24. The van der Waals surface area contributed by atoms with Crippen molar-refractivity contribution >= 4 is 23.2 Å². The van der Waals surface area contributed by atoms with Crippen molar-refractivity contribution < 1.29 is 14.0 Å². The number of hydrogen-bond acceptors (Lipinski definition) is 2. The molecule has 1 atom stereocenters. The lowest BCUT2D eigenvalue weighted by Crippen LogP contribution is -2.41. The molecule has 5 heteroatoms. The van der Waals surface area contributed by atoms with Gasteiger partial charge in [0.05, 0.1) is 0 Å². The summed E-state index contributed by atoms with van der Waals surface area (Å²) in [6.07, 6.45) is 0.761. The van der Waals surface area contributed by atoms with E-state index in [0.29, 0.717) is 24.2 Å². The molecule has 2 aromatic carbocycles. The number of anilines is 2. The zero-order valence-corrected chi connectivity index (χ0v) is 12.8. The Morgan fingerprint density at radius 2 is 1.78 bits per heavy atom. The molecule has 0 spiro atoms. The van der Waals surface area contributed by atoms with Crippen LogP contribution >= 0.6 is 0 Å². The van der Waals surface area contributed by atoms with Gasteiger partial charge in [-0.25, -0.2) is 4.39 Å². The summed E-state index contributed by atoms with van der Waals surface area (Å²) >= 11 is 0. The molecule has 1 aliphatic rings. The molecule has 4 nitrogen and oxygen atoms in total. The van der Waals surface area contributed by atoms with Crippen molar-refractivity contribution in [2.45, 2.75) is 25.8 Å². The Morgan fingerprint density at radius 1 is 1.13 bits per heavy atom. The van der Waals surface area contributed by atoms with Crippen molar-refractivity contribution in [1.29, 1.82) is 0 Å². The Hall–Kier alpha value is -2.69. The first-order chi connectivity index (χ1) is 11.0. The smallest absolute Gasteiger partial charge is 0.247 e. The van der Waals surface area contributed by atoms with Crippen LogP contribution in [0.2, 0.25) is 0 Å². The van der Waals surface area contributed by atoms with Crippen LogP contribution in [-0.2, 0) is 9.59 Å². The molecule has 2 aromatic rings. The fourth-order valence-electron chi connectivity index (χ4n) is 2.72. The van der Waals surface area contributed by atoms with E-state index in [1.165, 1.54) is 29.2 Å². The zero-order valence-electron chi connectivity index (χ0n) is 12.8. The standard InChI is InChI=1S/C18H17FN2O2/c1-12-2-6-14(7-3-12)20-18(23)16-10-11-17(22)21(16)15-8-4-13(19)5-9-15/h2-9,16H,10-11H2,1H3,(H,20,23). The molecular weight excluding hydrogens is 295 g/mol. The molecule has 0 radical (unpaired) electrons. The van der Waals surface area contributed by atoms with Crippen LogP contribution in [0.5, 0.6) is 0 Å². The summed E-state index contributed by atoms with van der Waals surface area (Å²) < 4.78 is 13.1. The Labute approximate surface area is 133 Å². The minimum absolute atomic E-state index is 0.124. The fraction of sp³-hybridized carbons (Fsp3) is 0.222. The van der Waals surface area contributed by atoms with Gasteiger partial charge < -0.3 is 5.32 Å². The maximum Gasteiger partial charge on any atom is 0.247 e. The first kappa shape index (κ1) is 15.2. The quantitative estimate of drug-likeness (QED) is 0.945. The van der Waals surface area contributed by atoms with Gasteiger partial charge in [0.1, 0.15) is 11.9 Å². The molecule has 23 heavy (non-hydrogen) atoms. The van der Waals surface area contributed by atoms with Gasteiger partial charge in [-0.05, 0) is 49.7 Å². The first-order valence-corrected chi connectivity index (χ1v) is 7.50. The van der Waals surface area contributed by atoms with Crippen molar-refractivity contribution in [3.05, 3.63) is 59.9 Å². The number of amides is 2. The number of nitrogens with zero attached hydrogens (tertiary/aromatic N) is 1. The van der Waals surface area contributed by atoms with E-state index in [2.05, 4.69) is 5.32 Å². The monoisotopic (exact) mass is 312 g/mol. The van der Waals surface area contributed by atoms with Crippen LogP contribution in [-0.4, -0.2) is 17.9 Å². The fourth-order valence-corrected chi connectivity index (χ4v) is 2.72. The van der Waals surface area contributed by atoms with E-state index in [1.807, 2.05) is 31.2 Å². The van der Waals surface area contributed by atoms with Gasteiger partial charge in [-0.2, -0.15) is 0 Å². The molecule has 0 bridgehead atoms. The topological polar surface area (TPSA) is 49.4 Å². The summed E-state index contributed by atoms with van der Waals surface area (Å²) in [5, 5.41) is 2.84. The highest BCUT2D eigenvalue weighted by atomic mass is 19.1. The van der Waals surface area contributed by atoms with Gasteiger partial charge in [0.15, 0.2) is 0 Å².